The van der Waals surface area contributed by atoms with Gasteiger partial charge in [0, 0.05) is 13.0 Å². The number of oxime groups is 1. The van der Waals surface area contributed by atoms with Gasteiger partial charge in [0.05, 0.1) is 19.8 Å². The van der Waals surface area contributed by atoms with Gasteiger partial charge in [-0.2, -0.15) is 0 Å². The number of amidine groups is 1. The van der Waals surface area contributed by atoms with Crippen LogP contribution in [0.3, 0.4) is 0 Å². The van der Waals surface area contributed by atoms with Gasteiger partial charge in [-0.3, -0.25) is 4.79 Å². The number of carbonyl (C=O) groups is 1. The van der Waals surface area contributed by atoms with Crippen LogP contribution in [0.25, 0.3) is 0 Å². The van der Waals surface area contributed by atoms with Gasteiger partial charge in [-0.05, 0) is 0 Å². The fourth-order valence-electron chi connectivity index (χ4n) is 1.12. The Bertz CT molecular complexity index is 238. The van der Waals surface area contributed by atoms with Crippen LogP contribution in [0.1, 0.15) is 6.42 Å². The summed E-state index contributed by atoms with van der Waals surface area (Å²) in [6.07, 6.45) is -0.249. The van der Waals surface area contributed by atoms with E-state index in [1.54, 1.807) is 0 Å². The number of carbonyl (C=O) groups excluding carboxylic acids is 1. The van der Waals surface area contributed by atoms with Crippen LogP contribution < -0.4 is 11.1 Å². The predicted octanol–water partition coefficient (Wildman–Crippen LogP) is -1.35. The van der Waals surface area contributed by atoms with Crippen molar-refractivity contribution in [2.75, 3.05) is 26.4 Å². The second-order valence-electron chi connectivity index (χ2n) is 3.07. The minimum atomic E-state index is -0.550. The second-order valence-corrected chi connectivity index (χ2v) is 3.07. The predicted molar refractivity (Wildman–Crippen MR) is 51.6 cm³/mol. The molecule has 0 saturated carbocycles. The minimum Gasteiger partial charge on any atom is -0.409 e. The molecular formula is C8H15N3O4. The Morgan fingerprint density at radius 1 is 1.60 bits per heavy atom. The van der Waals surface area contributed by atoms with Crippen molar-refractivity contribution in [1.82, 2.24) is 5.32 Å². The summed E-state index contributed by atoms with van der Waals surface area (Å²) >= 11 is 0. The van der Waals surface area contributed by atoms with Crippen molar-refractivity contribution in [2.45, 2.75) is 12.5 Å². The lowest BCUT2D eigenvalue weighted by molar-refractivity contribution is -0.147. The number of hydrogen-bond donors (Lipinski definition) is 3. The Morgan fingerprint density at radius 3 is 3.00 bits per heavy atom. The summed E-state index contributed by atoms with van der Waals surface area (Å²) in [5, 5.41) is 13.6. The molecule has 15 heavy (non-hydrogen) atoms. The number of ether oxygens (including phenoxy) is 2. The van der Waals surface area contributed by atoms with Gasteiger partial charge in [-0.1, -0.05) is 5.16 Å². The van der Waals surface area contributed by atoms with Crippen molar-refractivity contribution < 1.29 is 19.5 Å². The molecule has 86 valence electrons. The number of amides is 1. The standard InChI is InChI=1S/C8H15N3O4/c9-7(11-13)1-2-10-8(12)6-5-14-3-4-15-6/h6,13H,1-5H2,(H2,9,11)(H,10,12). The van der Waals surface area contributed by atoms with E-state index in [4.69, 9.17) is 20.4 Å². The molecular weight excluding hydrogens is 202 g/mol. The molecule has 1 fully saturated rings. The van der Waals surface area contributed by atoms with Gasteiger partial charge in [0.2, 0.25) is 0 Å². The fraction of sp³-hybridized carbons (Fsp3) is 0.750. The van der Waals surface area contributed by atoms with Crippen molar-refractivity contribution in [3.63, 3.8) is 0 Å². The quantitative estimate of drug-likeness (QED) is 0.234. The maximum atomic E-state index is 11.4. The topological polar surface area (TPSA) is 106 Å². The van der Waals surface area contributed by atoms with Crippen LogP contribution in [-0.2, 0) is 14.3 Å². The lowest BCUT2D eigenvalue weighted by atomic mass is 10.3. The molecule has 1 heterocycles. The van der Waals surface area contributed by atoms with E-state index in [0.717, 1.165) is 0 Å². The summed E-state index contributed by atoms with van der Waals surface area (Å²) < 4.78 is 10.3. The van der Waals surface area contributed by atoms with E-state index in [-0.39, 0.29) is 18.3 Å². The first-order valence-corrected chi connectivity index (χ1v) is 4.67. The summed E-state index contributed by atoms with van der Waals surface area (Å²) in [5.41, 5.74) is 5.23. The van der Waals surface area contributed by atoms with Crippen LogP contribution in [0.5, 0.6) is 0 Å². The maximum Gasteiger partial charge on any atom is 0.251 e. The van der Waals surface area contributed by atoms with Gasteiger partial charge >= 0.3 is 0 Å². The largest absolute Gasteiger partial charge is 0.409 e. The van der Waals surface area contributed by atoms with Crippen molar-refractivity contribution in [2.24, 2.45) is 10.9 Å². The van der Waals surface area contributed by atoms with Gasteiger partial charge in [-0.25, -0.2) is 0 Å². The molecule has 7 nitrogen and oxygen atoms in total. The first-order chi connectivity index (χ1) is 7.24. The van der Waals surface area contributed by atoms with Crippen molar-refractivity contribution >= 4 is 11.7 Å². The highest BCUT2D eigenvalue weighted by Gasteiger charge is 2.21. The van der Waals surface area contributed by atoms with E-state index >= 15 is 0 Å². The molecule has 0 aromatic rings. The third kappa shape index (κ3) is 4.13. The first-order valence-electron chi connectivity index (χ1n) is 4.67. The molecule has 0 radical (unpaired) electrons. The summed E-state index contributed by atoms with van der Waals surface area (Å²) in [5.74, 6) is -0.156. The van der Waals surface area contributed by atoms with Gasteiger partial charge in [0.15, 0.2) is 6.10 Å². The number of hydrogen-bond acceptors (Lipinski definition) is 5. The smallest absolute Gasteiger partial charge is 0.251 e. The molecule has 1 atom stereocenters. The normalized spacial score (nSPS) is 22.4. The zero-order chi connectivity index (χ0) is 11.1. The summed E-state index contributed by atoms with van der Waals surface area (Å²) in [6, 6.07) is 0. The zero-order valence-electron chi connectivity index (χ0n) is 8.31. The third-order valence-corrected chi connectivity index (χ3v) is 1.92. The van der Waals surface area contributed by atoms with E-state index in [2.05, 4.69) is 10.5 Å². The summed E-state index contributed by atoms with van der Waals surface area (Å²) in [7, 11) is 0. The molecule has 0 aromatic carbocycles. The van der Waals surface area contributed by atoms with Gasteiger partial charge in [0.1, 0.15) is 5.84 Å². The molecule has 0 spiro atoms. The molecule has 0 aromatic heterocycles. The lowest BCUT2D eigenvalue weighted by Gasteiger charge is -2.21. The van der Waals surface area contributed by atoms with E-state index in [1.165, 1.54) is 0 Å². The Hall–Kier alpha value is -1.34. The van der Waals surface area contributed by atoms with Crippen molar-refractivity contribution in [3.8, 4) is 0 Å². The Morgan fingerprint density at radius 2 is 2.40 bits per heavy atom. The number of nitrogens with zero attached hydrogens (tertiary/aromatic N) is 1. The molecule has 0 bridgehead atoms. The van der Waals surface area contributed by atoms with Crippen LogP contribution in [0.15, 0.2) is 5.16 Å². The second kappa shape index (κ2) is 6.20. The highest BCUT2D eigenvalue weighted by molar-refractivity contribution is 5.83. The lowest BCUT2D eigenvalue weighted by Crippen LogP contribution is -2.43. The number of nitrogens with one attached hydrogen (secondary N) is 1. The first kappa shape index (κ1) is 11.7. The SMILES string of the molecule is NC(CCNC(=O)C1COCCO1)=NO. The zero-order valence-corrected chi connectivity index (χ0v) is 8.31. The highest BCUT2D eigenvalue weighted by atomic mass is 16.6. The van der Waals surface area contributed by atoms with Crippen molar-refractivity contribution in [1.29, 1.82) is 0 Å². The Balaban J connectivity index is 2.17. The monoisotopic (exact) mass is 217 g/mol. The fourth-order valence-corrected chi connectivity index (χ4v) is 1.12. The average molecular weight is 217 g/mol. The van der Waals surface area contributed by atoms with Gasteiger partial charge < -0.3 is 25.7 Å². The van der Waals surface area contributed by atoms with Crippen LogP contribution in [0.2, 0.25) is 0 Å². The molecule has 7 heteroatoms. The van der Waals surface area contributed by atoms with E-state index in [1.807, 2.05) is 0 Å². The van der Waals surface area contributed by atoms with Crippen LogP contribution in [0.4, 0.5) is 0 Å². The van der Waals surface area contributed by atoms with E-state index < -0.39 is 6.10 Å². The summed E-state index contributed by atoms with van der Waals surface area (Å²) in [6.45, 7) is 1.54. The van der Waals surface area contributed by atoms with E-state index in [9.17, 15) is 4.79 Å². The molecule has 1 aliphatic heterocycles. The van der Waals surface area contributed by atoms with Crippen LogP contribution in [-0.4, -0.2) is 49.4 Å². The molecule has 4 N–H and O–H groups in total. The minimum absolute atomic E-state index is 0.0797. The molecule has 1 rings (SSSR count). The van der Waals surface area contributed by atoms with Gasteiger partial charge in [-0.15, -0.1) is 0 Å². The van der Waals surface area contributed by atoms with Crippen molar-refractivity contribution in [3.05, 3.63) is 0 Å². The van der Waals surface area contributed by atoms with Crippen LogP contribution in [0, 0.1) is 0 Å². The summed E-state index contributed by atoms with van der Waals surface area (Å²) in [4.78, 5) is 11.4. The maximum absolute atomic E-state index is 11.4. The molecule has 0 aliphatic carbocycles. The molecule has 1 unspecified atom stereocenters. The third-order valence-electron chi connectivity index (χ3n) is 1.92. The average Bonchev–Trinajstić information content (AvgIpc) is 2.29. The van der Waals surface area contributed by atoms with E-state index in [0.29, 0.717) is 26.2 Å². The Labute approximate surface area is 87.2 Å². The number of nitrogens with two attached hydrogens (primary N) is 1. The molecule has 1 aliphatic rings. The molecule has 1 amide bonds. The number of rotatable bonds is 4. The van der Waals surface area contributed by atoms with Crippen LogP contribution >= 0.6 is 0 Å². The van der Waals surface area contributed by atoms with Gasteiger partial charge in [0.25, 0.3) is 5.91 Å². The Kier molecular flexibility index (Phi) is 4.85. The highest BCUT2D eigenvalue weighted by Crippen LogP contribution is 2.00. The molecule has 1 saturated heterocycles.